The maximum atomic E-state index is 12.4. The van der Waals surface area contributed by atoms with Crippen molar-refractivity contribution in [3.8, 4) is 0 Å². The van der Waals surface area contributed by atoms with Crippen LogP contribution in [-0.4, -0.2) is 5.16 Å². The quantitative estimate of drug-likeness (QED) is 0.684. The average Bonchev–Trinajstić information content (AvgIpc) is 2.28. The molecule has 1 heterocycles. The molecule has 0 amide bonds. The molecule has 5 heteroatoms. The Kier molecular flexibility index (Phi) is 2.36. The maximum absolute atomic E-state index is 12.4. The van der Waals surface area contributed by atoms with Crippen molar-refractivity contribution in [2.75, 3.05) is 0 Å². The molecular weight excluding hydrogens is 183 g/mol. The number of aromatic nitrogens is 1. The van der Waals surface area contributed by atoms with Gasteiger partial charge >= 0.3 is 6.18 Å². The van der Waals surface area contributed by atoms with Gasteiger partial charge < -0.3 is 4.52 Å². The average molecular weight is 193 g/mol. The van der Waals surface area contributed by atoms with Crippen LogP contribution in [0, 0.1) is 6.92 Å². The molecule has 0 unspecified atom stereocenters. The van der Waals surface area contributed by atoms with Crippen LogP contribution in [0.4, 0.5) is 13.2 Å². The van der Waals surface area contributed by atoms with Crippen LogP contribution in [0.15, 0.2) is 4.52 Å². The normalized spacial score (nSPS) is 12.5. The van der Waals surface area contributed by atoms with E-state index in [0.717, 1.165) is 0 Å². The first-order valence-electron chi connectivity index (χ1n) is 3.87. The second-order valence-electron chi connectivity index (χ2n) is 3.16. The van der Waals surface area contributed by atoms with Gasteiger partial charge in [0.05, 0.1) is 5.69 Å². The number of alkyl halides is 3. The van der Waals surface area contributed by atoms with Gasteiger partial charge in [-0.15, -0.1) is 0 Å². The summed E-state index contributed by atoms with van der Waals surface area (Å²) in [6.07, 6.45) is -4.37. The third-order valence-electron chi connectivity index (χ3n) is 1.70. The summed E-state index contributed by atoms with van der Waals surface area (Å²) in [5.41, 5.74) is -0.835. The second kappa shape index (κ2) is 3.05. The summed E-state index contributed by atoms with van der Waals surface area (Å²) < 4.78 is 41.8. The lowest BCUT2D eigenvalue weighted by Gasteiger charge is -2.07. The van der Waals surface area contributed by atoms with E-state index in [9.17, 15) is 13.2 Å². The highest BCUT2D eigenvalue weighted by Crippen LogP contribution is 2.37. The SMILES string of the molecule is Cc1noc(C(C)C)c1C(F)(F)F. The number of hydrogen-bond acceptors (Lipinski definition) is 2. The van der Waals surface area contributed by atoms with Crippen LogP contribution in [0.2, 0.25) is 0 Å². The van der Waals surface area contributed by atoms with E-state index in [4.69, 9.17) is 0 Å². The molecule has 0 aliphatic heterocycles. The van der Waals surface area contributed by atoms with E-state index in [1.54, 1.807) is 13.8 Å². The van der Waals surface area contributed by atoms with Gasteiger partial charge in [0.2, 0.25) is 0 Å². The molecule has 0 spiro atoms. The van der Waals surface area contributed by atoms with Crippen molar-refractivity contribution < 1.29 is 17.7 Å². The molecule has 13 heavy (non-hydrogen) atoms. The zero-order valence-corrected chi connectivity index (χ0v) is 7.57. The van der Waals surface area contributed by atoms with E-state index >= 15 is 0 Å². The van der Waals surface area contributed by atoms with E-state index in [1.165, 1.54) is 6.92 Å². The van der Waals surface area contributed by atoms with E-state index in [0.29, 0.717) is 0 Å². The second-order valence-corrected chi connectivity index (χ2v) is 3.16. The zero-order valence-electron chi connectivity index (χ0n) is 7.57. The van der Waals surface area contributed by atoms with Gasteiger partial charge in [-0.1, -0.05) is 19.0 Å². The minimum Gasteiger partial charge on any atom is -0.360 e. The standard InChI is InChI=1S/C8H10F3NO/c1-4(2)7-6(8(9,10)11)5(3)12-13-7/h4H,1-3H3. The Hall–Kier alpha value is -1.00. The maximum Gasteiger partial charge on any atom is 0.421 e. The summed E-state index contributed by atoms with van der Waals surface area (Å²) >= 11 is 0. The molecule has 1 aromatic heterocycles. The minimum absolute atomic E-state index is 0.0926. The summed E-state index contributed by atoms with van der Waals surface area (Å²) in [6.45, 7) is 4.56. The molecule has 0 aliphatic carbocycles. The monoisotopic (exact) mass is 193 g/mol. The third kappa shape index (κ3) is 1.84. The Balaban J connectivity index is 3.25. The van der Waals surface area contributed by atoms with Crippen molar-refractivity contribution in [2.45, 2.75) is 32.9 Å². The molecule has 0 saturated heterocycles. The first-order valence-corrected chi connectivity index (χ1v) is 3.87. The number of nitrogens with zero attached hydrogens (tertiary/aromatic N) is 1. The van der Waals surface area contributed by atoms with E-state index in [-0.39, 0.29) is 17.4 Å². The van der Waals surface area contributed by atoms with Crippen molar-refractivity contribution in [2.24, 2.45) is 0 Å². The molecule has 0 radical (unpaired) electrons. The number of rotatable bonds is 1. The molecule has 0 aromatic carbocycles. The fraction of sp³-hybridized carbons (Fsp3) is 0.625. The topological polar surface area (TPSA) is 26.0 Å². The predicted molar refractivity (Wildman–Crippen MR) is 40.3 cm³/mol. The van der Waals surface area contributed by atoms with Crippen LogP contribution >= 0.6 is 0 Å². The van der Waals surface area contributed by atoms with Crippen molar-refractivity contribution in [1.29, 1.82) is 0 Å². The lowest BCUT2D eigenvalue weighted by molar-refractivity contribution is -0.139. The van der Waals surface area contributed by atoms with Crippen molar-refractivity contribution in [3.63, 3.8) is 0 Å². The first-order chi connectivity index (χ1) is 5.84. The van der Waals surface area contributed by atoms with Gasteiger partial charge in [0.15, 0.2) is 5.76 Å². The lowest BCUT2D eigenvalue weighted by atomic mass is 10.1. The van der Waals surface area contributed by atoms with E-state index in [2.05, 4.69) is 9.68 Å². The molecule has 1 rings (SSSR count). The fourth-order valence-electron chi connectivity index (χ4n) is 1.13. The van der Waals surface area contributed by atoms with Gasteiger partial charge in [-0.3, -0.25) is 0 Å². The molecule has 0 N–H and O–H groups in total. The molecular formula is C8H10F3NO. The van der Waals surface area contributed by atoms with Gasteiger partial charge in [0, 0.05) is 5.92 Å². The van der Waals surface area contributed by atoms with E-state index in [1.807, 2.05) is 0 Å². The van der Waals surface area contributed by atoms with Crippen molar-refractivity contribution in [1.82, 2.24) is 5.16 Å². The Labute approximate surface area is 73.7 Å². The minimum atomic E-state index is -4.37. The Morgan fingerprint density at radius 3 is 2.15 bits per heavy atom. The predicted octanol–water partition coefficient (Wildman–Crippen LogP) is 3.13. The Morgan fingerprint density at radius 1 is 1.31 bits per heavy atom. The molecule has 74 valence electrons. The molecule has 0 aliphatic rings. The largest absolute Gasteiger partial charge is 0.421 e. The molecule has 0 bridgehead atoms. The van der Waals surface area contributed by atoms with Crippen molar-refractivity contribution in [3.05, 3.63) is 17.0 Å². The zero-order chi connectivity index (χ0) is 10.2. The molecule has 0 fully saturated rings. The number of hydrogen-bond donors (Lipinski definition) is 0. The Bertz CT molecular complexity index is 301. The Morgan fingerprint density at radius 2 is 1.85 bits per heavy atom. The lowest BCUT2D eigenvalue weighted by Crippen LogP contribution is -2.09. The smallest absolute Gasteiger partial charge is 0.360 e. The summed E-state index contributed by atoms with van der Waals surface area (Å²) in [5, 5.41) is 3.31. The highest BCUT2D eigenvalue weighted by atomic mass is 19.4. The third-order valence-corrected chi connectivity index (χ3v) is 1.70. The van der Waals surface area contributed by atoms with Gasteiger partial charge in [0.25, 0.3) is 0 Å². The summed E-state index contributed by atoms with van der Waals surface area (Å²) in [4.78, 5) is 0. The van der Waals surface area contributed by atoms with Gasteiger partial charge in [-0.25, -0.2) is 0 Å². The summed E-state index contributed by atoms with van der Waals surface area (Å²) in [7, 11) is 0. The van der Waals surface area contributed by atoms with Crippen LogP contribution in [0.25, 0.3) is 0 Å². The van der Waals surface area contributed by atoms with Crippen LogP contribution in [-0.2, 0) is 6.18 Å². The number of halogens is 3. The molecule has 2 nitrogen and oxygen atoms in total. The van der Waals surface area contributed by atoms with Gasteiger partial charge in [-0.2, -0.15) is 13.2 Å². The van der Waals surface area contributed by atoms with Crippen LogP contribution in [0.3, 0.4) is 0 Å². The summed E-state index contributed by atoms with van der Waals surface area (Å²) in [5.74, 6) is -0.400. The first kappa shape index (κ1) is 10.1. The fourth-order valence-corrected chi connectivity index (χ4v) is 1.13. The van der Waals surface area contributed by atoms with Gasteiger partial charge in [-0.05, 0) is 6.92 Å². The van der Waals surface area contributed by atoms with Crippen LogP contribution < -0.4 is 0 Å². The highest BCUT2D eigenvalue weighted by Gasteiger charge is 2.39. The van der Waals surface area contributed by atoms with Gasteiger partial charge in [0.1, 0.15) is 5.56 Å². The molecule has 1 aromatic rings. The summed E-state index contributed by atoms with van der Waals surface area (Å²) in [6, 6.07) is 0. The molecule has 0 atom stereocenters. The molecule has 0 saturated carbocycles. The number of aryl methyl sites for hydroxylation is 1. The van der Waals surface area contributed by atoms with Crippen molar-refractivity contribution >= 4 is 0 Å². The van der Waals surface area contributed by atoms with Crippen LogP contribution in [0.1, 0.15) is 36.8 Å². The van der Waals surface area contributed by atoms with Crippen LogP contribution in [0.5, 0.6) is 0 Å². The van der Waals surface area contributed by atoms with E-state index < -0.39 is 11.7 Å². The highest BCUT2D eigenvalue weighted by molar-refractivity contribution is 5.27.